The fourth-order valence-electron chi connectivity index (χ4n) is 1.73. The fourth-order valence-corrected chi connectivity index (χ4v) is 2.14. The molecule has 0 bridgehead atoms. The Morgan fingerprint density at radius 1 is 1.20 bits per heavy atom. The molecule has 0 spiro atoms. The molecular weight excluding hydrogens is 270 g/mol. The standard InChI is InChI=1S/C16H15NO2S/c1-20-13-6-2-11(3-7-13)4-9-15(18)14-8-5-12(17)10-16(14)19/h2-10,19H,17H2,1H3/b9-4+. The topological polar surface area (TPSA) is 63.3 Å². The predicted molar refractivity (Wildman–Crippen MR) is 84.1 cm³/mol. The van der Waals surface area contributed by atoms with Crippen molar-refractivity contribution in [1.82, 2.24) is 0 Å². The number of phenolic OH excluding ortho intramolecular Hbond substituents is 1. The molecule has 3 N–H and O–H groups in total. The van der Waals surface area contributed by atoms with Gasteiger partial charge in [0.25, 0.3) is 0 Å². The molecule has 0 aromatic heterocycles. The lowest BCUT2D eigenvalue weighted by Gasteiger charge is -2.01. The number of carbonyl (C=O) groups is 1. The fraction of sp³-hybridized carbons (Fsp3) is 0.0625. The summed E-state index contributed by atoms with van der Waals surface area (Å²) in [5.74, 6) is -0.353. The molecule has 0 saturated heterocycles. The first-order chi connectivity index (χ1) is 9.60. The summed E-state index contributed by atoms with van der Waals surface area (Å²) in [6.45, 7) is 0. The van der Waals surface area contributed by atoms with Crippen molar-refractivity contribution in [3.63, 3.8) is 0 Å². The summed E-state index contributed by atoms with van der Waals surface area (Å²) >= 11 is 1.67. The molecule has 0 fully saturated rings. The van der Waals surface area contributed by atoms with Crippen LogP contribution < -0.4 is 5.73 Å². The Bertz CT molecular complexity index is 648. The molecule has 102 valence electrons. The van der Waals surface area contributed by atoms with Gasteiger partial charge in [-0.2, -0.15) is 0 Å². The minimum absolute atomic E-state index is 0.0996. The monoisotopic (exact) mass is 285 g/mol. The van der Waals surface area contributed by atoms with Crippen LogP contribution in [-0.2, 0) is 0 Å². The average Bonchev–Trinajstić information content (AvgIpc) is 2.45. The van der Waals surface area contributed by atoms with Crippen molar-refractivity contribution in [3.05, 3.63) is 59.7 Å². The molecule has 0 unspecified atom stereocenters. The van der Waals surface area contributed by atoms with E-state index in [0.29, 0.717) is 5.69 Å². The summed E-state index contributed by atoms with van der Waals surface area (Å²) in [5.41, 5.74) is 7.14. The van der Waals surface area contributed by atoms with Crippen LogP contribution in [0, 0.1) is 0 Å². The molecule has 2 aromatic carbocycles. The van der Waals surface area contributed by atoms with E-state index in [1.807, 2.05) is 30.5 Å². The van der Waals surface area contributed by atoms with Crippen LogP contribution in [0.3, 0.4) is 0 Å². The Labute approximate surface area is 122 Å². The SMILES string of the molecule is CSc1ccc(/C=C/C(=O)c2ccc(N)cc2O)cc1. The van der Waals surface area contributed by atoms with Crippen LogP contribution in [0.4, 0.5) is 5.69 Å². The van der Waals surface area contributed by atoms with E-state index in [1.54, 1.807) is 23.9 Å². The van der Waals surface area contributed by atoms with E-state index >= 15 is 0 Å². The largest absolute Gasteiger partial charge is 0.507 e. The number of allylic oxidation sites excluding steroid dienone is 1. The molecule has 2 aromatic rings. The van der Waals surface area contributed by atoms with Gasteiger partial charge in [0.15, 0.2) is 5.78 Å². The number of aromatic hydroxyl groups is 1. The summed E-state index contributed by atoms with van der Waals surface area (Å²) in [6, 6.07) is 12.4. The lowest BCUT2D eigenvalue weighted by Crippen LogP contribution is -1.96. The quantitative estimate of drug-likeness (QED) is 0.390. The number of nitrogens with two attached hydrogens (primary N) is 1. The second kappa shape index (κ2) is 6.30. The zero-order valence-electron chi connectivity index (χ0n) is 11.0. The molecule has 4 heteroatoms. The Morgan fingerprint density at radius 2 is 1.90 bits per heavy atom. The molecule has 0 heterocycles. The summed E-state index contributed by atoms with van der Waals surface area (Å²) in [5, 5.41) is 9.69. The highest BCUT2D eigenvalue weighted by atomic mass is 32.2. The van der Waals surface area contributed by atoms with Crippen LogP contribution in [0.2, 0.25) is 0 Å². The summed E-state index contributed by atoms with van der Waals surface area (Å²) in [7, 11) is 0. The van der Waals surface area contributed by atoms with Gasteiger partial charge in [0.1, 0.15) is 5.75 Å². The molecule has 2 rings (SSSR count). The number of hydrogen-bond donors (Lipinski definition) is 2. The number of phenols is 1. The summed E-state index contributed by atoms with van der Waals surface area (Å²) < 4.78 is 0. The Morgan fingerprint density at radius 3 is 2.50 bits per heavy atom. The number of thioether (sulfide) groups is 1. The van der Waals surface area contributed by atoms with E-state index in [-0.39, 0.29) is 17.1 Å². The number of ketones is 1. The lowest BCUT2D eigenvalue weighted by molar-refractivity contribution is 0.104. The molecule has 0 amide bonds. The van der Waals surface area contributed by atoms with Gasteiger partial charge in [0.05, 0.1) is 5.56 Å². The van der Waals surface area contributed by atoms with Gasteiger partial charge in [-0.3, -0.25) is 4.79 Å². The van der Waals surface area contributed by atoms with E-state index in [9.17, 15) is 9.90 Å². The molecular formula is C16H15NO2S. The smallest absolute Gasteiger partial charge is 0.189 e. The van der Waals surface area contributed by atoms with Crippen LogP contribution in [0.5, 0.6) is 5.75 Å². The van der Waals surface area contributed by atoms with Gasteiger partial charge in [-0.1, -0.05) is 18.2 Å². The Kier molecular flexibility index (Phi) is 4.48. The molecule has 20 heavy (non-hydrogen) atoms. The van der Waals surface area contributed by atoms with E-state index in [4.69, 9.17) is 5.73 Å². The van der Waals surface area contributed by atoms with Gasteiger partial charge in [-0.05, 0) is 42.2 Å². The van der Waals surface area contributed by atoms with Crippen LogP contribution >= 0.6 is 11.8 Å². The second-order valence-corrected chi connectivity index (χ2v) is 5.13. The second-order valence-electron chi connectivity index (χ2n) is 4.25. The molecule has 0 aliphatic heterocycles. The van der Waals surface area contributed by atoms with E-state index < -0.39 is 0 Å². The summed E-state index contributed by atoms with van der Waals surface area (Å²) in [4.78, 5) is 13.2. The third kappa shape index (κ3) is 3.42. The maximum Gasteiger partial charge on any atom is 0.189 e. The van der Waals surface area contributed by atoms with Gasteiger partial charge in [0, 0.05) is 16.6 Å². The van der Waals surface area contributed by atoms with Crippen LogP contribution in [0.15, 0.2) is 53.4 Å². The zero-order valence-corrected chi connectivity index (χ0v) is 11.9. The van der Waals surface area contributed by atoms with Crippen molar-refractivity contribution in [3.8, 4) is 5.75 Å². The summed E-state index contributed by atoms with van der Waals surface area (Å²) in [6.07, 6.45) is 5.18. The van der Waals surface area contributed by atoms with Crippen molar-refractivity contribution >= 4 is 29.3 Å². The number of nitrogen functional groups attached to an aromatic ring is 1. The van der Waals surface area contributed by atoms with Crippen molar-refractivity contribution in [2.75, 3.05) is 12.0 Å². The van der Waals surface area contributed by atoms with Gasteiger partial charge in [0.2, 0.25) is 0 Å². The van der Waals surface area contributed by atoms with Gasteiger partial charge in [-0.25, -0.2) is 0 Å². The Balaban J connectivity index is 2.15. The molecule has 0 saturated carbocycles. The molecule has 0 aliphatic carbocycles. The number of rotatable bonds is 4. The van der Waals surface area contributed by atoms with E-state index in [1.165, 1.54) is 23.1 Å². The van der Waals surface area contributed by atoms with Crippen LogP contribution in [-0.4, -0.2) is 17.1 Å². The van der Waals surface area contributed by atoms with Crippen molar-refractivity contribution < 1.29 is 9.90 Å². The molecule has 0 radical (unpaired) electrons. The normalized spacial score (nSPS) is 10.8. The first-order valence-electron chi connectivity index (χ1n) is 6.05. The van der Waals surface area contributed by atoms with Crippen molar-refractivity contribution in [2.45, 2.75) is 4.90 Å². The number of anilines is 1. The third-order valence-electron chi connectivity index (χ3n) is 2.83. The minimum atomic E-state index is -0.253. The predicted octanol–water partition coefficient (Wildman–Crippen LogP) is 3.59. The average molecular weight is 285 g/mol. The maximum absolute atomic E-state index is 12.0. The third-order valence-corrected chi connectivity index (χ3v) is 3.57. The molecule has 0 atom stereocenters. The maximum atomic E-state index is 12.0. The molecule has 3 nitrogen and oxygen atoms in total. The van der Waals surface area contributed by atoms with Crippen molar-refractivity contribution in [2.24, 2.45) is 0 Å². The molecule has 0 aliphatic rings. The highest BCUT2D eigenvalue weighted by Gasteiger charge is 2.07. The van der Waals surface area contributed by atoms with E-state index in [0.717, 1.165) is 5.56 Å². The van der Waals surface area contributed by atoms with E-state index in [2.05, 4.69) is 0 Å². The lowest BCUT2D eigenvalue weighted by atomic mass is 10.1. The van der Waals surface area contributed by atoms with Crippen molar-refractivity contribution in [1.29, 1.82) is 0 Å². The number of hydrogen-bond acceptors (Lipinski definition) is 4. The first kappa shape index (κ1) is 14.2. The van der Waals surface area contributed by atoms with Crippen LogP contribution in [0.25, 0.3) is 6.08 Å². The highest BCUT2D eigenvalue weighted by Crippen LogP contribution is 2.21. The highest BCUT2D eigenvalue weighted by molar-refractivity contribution is 7.98. The van der Waals surface area contributed by atoms with Gasteiger partial charge < -0.3 is 10.8 Å². The Hall–Kier alpha value is -2.20. The number of carbonyl (C=O) groups excluding carboxylic acids is 1. The van der Waals surface area contributed by atoms with Gasteiger partial charge >= 0.3 is 0 Å². The first-order valence-corrected chi connectivity index (χ1v) is 7.27. The minimum Gasteiger partial charge on any atom is -0.507 e. The zero-order chi connectivity index (χ0) is 14.5. The van der Waals surface area contributed by atoms with Gasteiger partial charge in [-0.15, -0.1) is 11.8 Å². The number of benzene rings is 2. The van der Waals surface area contributed by atoms with Crippen LogP contribution in [0.1, 0.15) is 15.9 Å².